The molecule has 2 heterocycles. The molecule has 5 nitrogen and oxygen atoms in total. The van der Waals surface area contributed by atoms with Gasteiger partial charge in [-0.2, -0.15) is 0 Å². The molecule has 27 heavy (non-hydrogen) atoms. The molecule has 1 aromatic carbocycles. The Balaban J connectivity index is 2.01. The number of carbonyl (C=O) groups excluding carboxylic acids is 2. The van der Waals surface area contributed by atoms with Crippen molar-refractivity contribution in [2.45, 2.75) is 32.8 Å². The lowest BCUT2D eigenvalue weighted by molar-refractivity contribution is 0.0572. The molecule has 3 rings (SSSR count). The maximum atomic E-state index is 14.3. The fourth-order valence-electron chi connectivity index (χ4n) is 3.18. The summed E-state index contributed by atoms with van der Waals surface area (Å²) in [5, 5.41) is 13.6. The third-order valence-electron chi connectivity index (χ3n) is 4.60. The van der Waals surface area contributed by atoms with Gasteiger partial charge < -0.3 is 15.3 Å². The number of hydrogen-bond donors (Lipinski definition) is 2. The maximum Gasteiger partial charge on any atom is 0.257 e. The Morgan fingerprint density at radius 3 is 2.67 bits per heavy atom. The van der Waals surface area contributed by atoms with Crippen molar-refractivity contribution in [3.8, 4) is 0 Å². The number of carbonyl (C=O) groups is 2. The Morgan fingerprint density at radius 2 is 2.11 bits per heavy atom. The normalized spacial score (nSPS) is 19.4. The summed E-state index contributed by atoms with van der Waals surface area (Å²) in [5.74, 6) is -0.835. The predicted octanol–water partition coefficient (Wildman–Crippen LogP) is 4.34. The molecule has 2 N–H and O–H groups in total. The smallest absolute Gasteiger partial charge is 0.257 e. The Hall–Kier alpha value is -1.52. The lowest BCUT2D eigenvalue weighted by Gasteiger charge is -2.20. The first-order valence-electron chi connectivity index (χ1n) is 8.47. The minimum atomic E-state index is -0.918. The van der Waals surface area contributed by atoms with E-state index in [1.807, 2.05) is 22.6 Å². The molecule has 1 fully saturated rings. The highest BCUT2D eigenvalue weighted by atomic mass is 127. The van der Waals surface area contributed by atoms with E-state index in [-0.39, 0.29) is 23.9 Å². The van der Waals surface area contributed by atoms with Crippen LogP contribution >= 0.6 is 33.9 Å². The average molecular weight is 502 g/mol. The van der Waals surface area contributed by atoms with E-state index in [1.54, 1.807) is 30.9 Å². The van der Waals surface area contributed by atoms with E-state index in [1.165, 1.54) is 13.0 Å². The number of likely N-dealkylation sites (tertiary alicyclic amines) is 1. The van der Waals surface area contributed by atoms with E-state index in [0.29, 0.717) is 34.0 Å². The molecule has 0 radical (unpaired) electrons. The molecule has 0 bridgehead atoms. The fraction of sp³-hybridized carbons (Fsp3) is 0.368. The Bertz CT molecular complexity index is 926. The number of Topliss-reactive ketones (excluding diaryl/α,β-unsaturated/α-hetero) is 1. The van der Waals surface area contributed by atoms with E-state index in [4.69, 9.17) is 0 Å². The van der Waals surface area contributed by atoms with Crippen LogP contribution in [0.2, 0.25) is 0 Å². The number of thiophene rings is 1. The van der Waals surface area contributed by atoms with Crippen LogP contribution in [-0.2, 0) is 0 Å². The predicted molar refractivity (Wildman–Crippen MR) is 113 cm³/mol. The second kappa shape index (κ2) is 7.48. The summed E-state index contributed by atoms with van der Waals surface area (Å²) in [5.41, 5.74) is 0.270. The van der Waals surface area contributed by atoms with Crippen molar-refractivity contribution in [3.05, 3.63) is 43.6 Å². The number of hydrogen-bond acceptors (Lipinski definition) is 5. The van der Waals surface area contributed by atoms with Crippen molar-refractivity contribution >= 4 is 56.3 Å². The first-order chi connectivity index (χ1) is 12.6. The van der Waals surface area contributed by atoms with Crippen molar-refractivity contribution in [1.29, 1.82) is 0 Å². The number of ketones is 1. The molecule has 0 unspecified atom stereocenters. The van der Waals surface area contributed by atoms with E-state index >= 15 is 0 Å². The number of amides is 1. The molecule has 8 heteroatoms. The standard InChI is InChI=1S/C19H20FIN2O3S/c1-10-15(18(25)23-7-6-19(3,26)9-23)17(27-16(10)11(2)24)22-14-5-4-12(21)8-13(14)20/h4-5,8,22,26H,6-7,9H2,1-3H3/t19-/m1/s1. The number of benzene rings is 1. The first kappa shape index (κ1) is 20.2. The minimum Gasteiger partial charge on any atom is -0.388 e. The fourth-order valence-corrected chi connectivity index (χ4v) is 4.74. The molecule has 2 aromatic rings. The summed E-state index contributed by atoms with van der Waals surface area (Å²) in [4.78, 5) is 27.2. The van der Waals surface area contributed by atoms with Crippen LogP contribution in [-0.4, -0.2) is 40.4 Å². The number of nitrogens with zero attached hydrogens (tertiary/aromatic N) is 1. The quantitative estimate of drug-likeness (QED) is 0.482. The van der Waals surface area contributed by atoms with Crippen molar-refractivity contribution in [2.24, 2.45) is 0 Å². The number of rotatable bonds is 4. The second-order valence-electron chi connectivity index (χ2n) is 7.04. The van der Waals surface area contributed by atoms with Gasteiger partial charge in [0.2, 0.25) is 0 Å². The molecular formula is C19H20FIN2O3S. The maximum absolute atomic E-state index is 14.3. The second-order valence-corrected chi connectivity index (χ2v) is 9.31. The van der Waals surface area contributed by atoms with Gasteiger partial charge >= 0.3 is 0 Å². The van der Waals surface area contributed by atoms with Crippen LogP contribution in [0.25, 0.3) is 0 Å². The van der Waals surface area contributed by atoms with Crippen LogP contribution in [0, 0.1) is 16.3 Å². The molecular weight excluding hydrogens is 482 g/mol. The van der Waals surface area contributed by atoms with Crippen LogP contribution in [0.3, 0.4) is 0 Å². The lowest BCUT2D eigenvalue weighted by atomic mass is 10.1. The zero-order valence-corrected chi connectivity index (χ0v) is 18.2. The van der Waals surface area contributed by atoms with Gasteiger partial charge in [-0.25, -0.2) is 4.39 Å². The van der Waals surface area contributed by atoms with Gasteiger partial charge in [0.1, 0.15) is 10.8 Å². The van der Waals surface area contributed by atoms with E-state index in [2.05, 4.69) is 5.32 Å². The highest BCUT2D eigenvalue weighted by Gasteiger charge is 2.36. The Kier molecular flexibility index (Phi) is 5.60. The molecule has 0 spiro atoms. The van der Waals surface area contributed by atoms with E-state index in [9.17, 15) is 19.1 Å². The number of anilines is 2. The Labute approximate surface area is 174 Å². The molecule has 144 valence electrons. The highest BCUT2D eigenvalue weighted by molar-refractivity contribution is 14.1. The molecule has 1 aliphatic rings. The van der Waals surface area contributed by atoms with Crippen LogP contribution in [0.5, 0.6) is 0 Å². The van der Waals surface area contributed by atoms with Crippen LogP contribution in [0.15, 0.2) is 18.2 Å². The molecule has 0 saturated carbocycles. The van der Waals surface area contributed by atoms with Crippen molar-refractivity contribution in [1.82, 2.24) is 4.90 Å². The van der Waals surface area contributed by atoms with Gasteiger partial charge in [-0.3, -0.25) is 9.59 Å². The topological polar surface area (TPSA) is 69.6 Å². The molecule has 1 amide bonds. The van der Waals surface area contributed by atoms with Gasteiger partial charge in [-0.15, -0.1) is 11.3 Å². The molecule has 1 atom stereocenters. The summed E-state index contributed by atoms with van der Waals surface area (Å²) in [6.45, 7) is 5.54. The number of aliphatic hydroxyl groups is 1. The van der Waals surface area contributed by atoms with Gasteiger partial charge in [0.25, 0.3) is 5.91 Å². The highest BCUT2D eigenvalue weighted by Crippen LogP contribution is 2.38. The average Bonchev–Trinajstić information content (AvgIpc) is 3.09. The van der Waals surface area contributed by atoms with Crippen LogP contribution in [0.1, 0.15) is 45.9 Å². The SMILES string of the molecule is CC(=O)c1sc(Nc2ccc(I)cc2F)c(C(=O)N2CC[C@@](C)(O)C2)c1C. The zero-order chi connectivity index (χ0) is 19.9. The largest absolute Gasteiger partial charge is 0.388 e. The summed E-state index contributed by atoms with van der Waals surface area (Å²) < 4.78 is 15.0. The van der Waals surface area contributed by atoms with Crippen molar-refractivity contribution in [2.75, 3.05) is 18.4 Å². The van der Waals surface area contributed by atoms with Crippen molar-refractivity contribution in [3.63, 3.8) is 0 Å². The molecule has 1 aromatic heterocycles. The molecule has 0 aliphatic carbocycles. The van der Waals surface area contributed by atoms with Crippen molar-refractivity contribution < 1.29 is 19.1 Å². The van der Waals surface area contributed by atoms with Gasteiger partial charge in [0.15, 0.2) is 5.78 Å². The summed E-state index contributed by atoms with van der Waals surface area (Å²) in [6.07, 6.45) is 0.496. The summed E-state index contributed by atoms with van der Waals surface area (Å²) in [7, 11) is 0. The lowest BCUT2D eigenvalue weighted by Crippen LogP contribution is -2.34. The molecule has 1 aliphatic heterocycles. The van der Waals surface area contributed by atoms with Gasteiger partial charge in [0.05, 0.1) is 21.7 Å². The van der Waals surface area contributed by atoms with Gasteiger partial charge in [0, 0.05) is 16.7 Å². The number of β-amino-alcohol motifs (C(OH)–C–C–N with tert-alkyl or cyclic N) is 1. The summed E-state index contributed by atoms with van der Waals surface area (Å²) >= 11 is 3.17. The zero-order valence-electron chi connectivity index (χ0n) is 15.2. The van der Waals surface area contributed by atoms with Gasteiger partial charge in [-0.05, 0) is 73.5 Å². The van der Waals surface area contributed by atoms with Crippen LogP contribution < -0.4 is 5.32 Å². The van der Waals surface area contributed by atoms with Gasteiger partial charge in [-0.1, -0.05) is 0 Å². The van der Waals surface area contributed by atoms with E-state index in [0.717, 1.165) is 14.9 Å². The third-order valence-corrected chi connectivity index (χ3v) is 6.58. The minimum absolute atomic E-state index is 0.142. The van der Waals surface area contributed by atoms with E-state index < -0.39 is 11.4 Å². The number of nitrogens with one attached hydrogen (secondary N) is 1. The van der Waals surface area contributed by atoms with Crippen LogP contribution in [0.4, 0.5) is 15.1 Å². The monoisotopic (exact) mass is 502 g/mol. The number of halogens is 2. The third kappa shape index (κ3) is 4.17. The summed E-state index contributed by atoms with van der Waals surface area (Å²) in [6, 6.07) is 4.76. The first-order valence-corrected chi connectivity index (χ1v) is 10.4. The molecule has 1 saturated heterocycles. The Morgan fingerprint density at radius 1 is 1.41 bits per heavy atom.